The van der Waals surface area contributed by atoms with Gasteiger partial charge in [0.15, 0.2) is 11.5 Å². The van der Waals surface area contributed by atoms with Crippen molar-refractivity contribution in [3.8, 4) is 0 Å². The van der Waals surface area contributed by atoms with E-state index < -0.39 is 0 Å². The molecule has 4 rings (SSSR count). The fourth-order valence-electron chi connectivity index (χ4n) is 2.86. The molecule has 0 aliphatic heterocycles. The van der Waals surface area contributed by atoms with Crippen LogP contribution in [0.15, 0.2) is 30.6 Å². The second-order valence-corrected chi connectivity index (χ2v) is 6.04. The van der Waals surface area contributed by atoms with E-state index in [9.17, 15) is 0 Å². The molecule has 0 aliphatic carbocycles. The number of hydrogen-bond donors (Lipinski definition) is 0. The minimum Gasteiger partial charge on any atom is -0.256 e. The Labute approximate surface area is 139 Å². The average Bonchev–Trinajstić information content (AvgIpc) is 3.02. The fourth-order valence-corrected chi connectivity index (χ4v) is 2.86. The number of pyridine rings is 2. The van der Waals surface area contributed by atoms with E-state index in [1.165, 1.54) is 0 Å². The summed E-state index contributed by atoms with van der Waals surface area (Å²) in [4.78, 5) is 18.1. The molecule has 6 heteroatoms. The lowest BCUT2D eigenvalue weighted by molar-refractivity contribution is 0.805. The molecule has 0 bridgehead atoms. The zero-order chi connectivity index (χ0) is 16.7. The highest BCUT2D eigenvalue weighted by Gasteiger charge is 2.11. The molecule has 0 aromatic carbocycles. The molecule has 0 atom stereocenters. The highest BCUT2D eigenvalue weighted by atomic mass is 15.3. The van der Waals surface area contributed by atoms with Crippen LogP contribution in [0.3, 0.4) is 0 Å². The van der Waals surface area contributed by atoms with Crippen LogP contribution < -0.4 is 0 Å². The Morgan fingerprint density at radius 3 is 2.71 bits per heavy atom. The van der Waals surface area contributed by atoms with Crippen molar-refractivity contribution >= 4 is 16.7 Å². The molecule has 0 radical (unpaired) electrons. The van der Waals surface area contributed by atoms with Crippen molar-refractivity contribution in [1.29, 1.82) is 0 Å². The number of nitrogens with zero attached hydrogens (tertiary/aromatic N) is 6. The van der Waals surface area contributed by atoms with E-state index in [4.69, 9.17) is 4.98 Å². The van der Waals surface area contributed by atoms with Gasteiger partial charge in [0.05, 0.1) is 22.4 Å². The molecule has 0 fully saturated rings. The normalized spacial score (nSPS) is 11.5. The van der Waals surface area contributed by atoms with Crippen LogP contribution in [0.2, 0.25) is 0 Å². The predicted octanol–water partition coefficient (Wildman–Crippen LogP) is 2.78. The maximum absolute atomic E-state index is 4.74. The topological polar surface area (TPSA) is 68.9 Å². The van der Waals surface area contributed by atoms with Crippen molar-refractivity contribution in [3.05, 3.63) is 59.1 Å². The van der Waals surface area contributed by atoms with Gasteiger partial charge in [-0.2, -0.15) is 5.10 Å². The Balaban J connectivity index is 1.64. The third kappa shape index (κ3) is 2.50. The highest BCUT2D eigenvalue weighted by Crippen LogP contribution is 2.16. The standard InChI is InChI=1S/C18H18N6/c1-11-9-16-15(5-4-8-19-16)21-14(11)6-7-17-22-18-13(3)20-10-12(2)24(18)23-17/h4-5,8-10H,6-7H2,1-3H3. The van der Waals surface area contributed by atoms with E-state index in [-0.39, 0.29) is 0 Å². The third-order valence-corrected chi connectivity index (χ3v) is 4.22. The Kier molecular flexibility index (Phi) is 3.45. The van der Waals surface area contributed by atoms with Crippen molar-refractivity contribution in [3.63, 3.8) is 0 Å². The van der Waals surface area contributed by atoms with E-state index in [0.29, 0.717) is 0 Å². The fraction of sp³-hybridized carbons (Fsp3) is 0.278. The summed E-state index contributed by atoms with van der Waals surface area (Å²) in [5, 5.41) is 4.61. The molecule has 4 aromatic rings. The zero-order valence-electron chi connectivity index (χ0n) is 14.0. The van der Waals surface area contributed by atoms with Gasteiger partial charge in [-0.05, 0) is 51.0 Å². The lowest BCUT2D eigenvalue weighted by Crippen LogP contribution is -2.01. The summed E-state index contributed by atoms with van der Waals surface area (Å²) in [5.41, 5.74) is 6.79. The summed E-state index contributed by atoms with van der Waals surface area (Å²) < 4.78 is 1.86. The predicted molar refractivity (Wildman–Crippen MR) is 91.9 cm³/mol. The summed E-state index contributed by atoms with van der Waals surface area (Å²) in [5.74, 6) is 0.821. The average molecular weight is 318 g/mol. The Morgan fingerprint density at radius 1 is 1.00 bits per heavy atom. The summed E-state index contributed by atoms with van der Waals surface area (Å²) in [7, 11) is 0. The molecule has 24 heavy (non-hydrogen) atoms. The van der Waals surface area contributed by atoms with Gasteiger partial charge < -0.3 is 0 Å². The lowest BCUT2D eigenvalue weighted by atomic mass is 10.1. The number of rotatable bonds is 3. The molecule has 0 aliphatic rings. The summed E-state index contributed by atoms with van der Waals surface area (Å²) >= 11 is 0. The Bertz CT molecular complexity index is 1010. The van der Waals surface area contributed by atoms with Crippen molar-refractivity contribution in [1.82, 2.24) is 29.5 Å². The maximum Gasteiger partial charge on any atom is 0.177 e. The molecule has 120 valence electrons. The van der Waals surface area contributed by atoms with Crippen LogP contribution in [0.4, 0.5) is 0 Å². The number of hydrogen-bond acceptors (Lipinski definition) is 5. The smallest absolute Gasteiger partial charge is 0.177 e. The lowest BCUT2D eigenvalue weighted by Gasteiger charge is -2.05. The molecule has 4 aromatic heterocycles. The van der Waals surface area contributed by atoms with Gasteiger partial charge in [-0.25, -0.2) is 9.50 Å². The maximum atomic E-state index is 4.74. The second-order valence-electron chi connectivity index (χ2n) is 6.04. The van der Waals surface area contributed by atoms with Crippen molar-refractivity contribution in [2.24, 2.45) is 0 Å². The van der Waals surface area contributed by atoms with E-state index in [0.717, 1.165) is 58.0 Å². The van der Waals surface area contributed by atoms with Crippen molar-refractivity contribution in [2.45, 2.75) is 33.6 Å². The van der Waals surface area contributed by atoms with Crippen LogP contribution in [0.25, 0.3) is 16.7 Å². The first-order valence-electron chi connectivity index (χ1n) is 8.01. The molecular weight excluding hydrogens is 300 g/mol. The summed E-state index contributed by atoms with van der Waals surface area (Å²) in [6.07, 6.45) is 5.17. The third-order valence-electron chi connectivity index (χ3n) is 4.22. The first-order valence-corrected chi connectivity index (χ1v) is 8.01. The zero-order valence-corrected chi connectivity index (χ0v) is 14.0. The summed E-state index contributed by atoms with van der Waals surface area (Å²) in [6.45, 7) is 6.01. The SMILES string of the molecule is Cc1cc2ncccc2nc1CCc1nc2c(C)ncc(C)n2n1. The highest BCUT2D eigenvalue weighted by molar-refractivity contribution is 5.74. The van der Waals surface area contributed by atoms with E-state index in [2.05, 4.69) is 33.0 Å². The molecular formula is C18H18N6. The molecule has 0 saturated heterocycles. The first kappa shape index (κ1) is 14.7. The van der Waals surface area contributed by atoms with Gasteiger partial charge in [0.1, 0.15) is 0 Å². The number of aromatic nitrogens is 6. The van der Waals surface area contributed by atoms with Gasteiger partial charge in [-0.3, -0.25) is 15.0 Å². The van der Waals surface area contributed by atoms with Crippen LogP contribution in [0.5, 0.6) is 0 Å². The van der Waals surface area contributed by atoms with Gasteiger partial charge in [0.2, 0.25) is 0 Å². The van der Waals surface area contributed by atoms with Gasteiger partial charge in [-0.1, -0.05) is 0 Å². The van der Waals surface area contributed by atoms with Gasteiger partial charge in [-0.15, -0.1) is 0 Å². The van der Waals surface area contributed by atoms with Crippen LogP contribution in [-0.4, -0.2) is 29.5 Å². The van der Waals surface area contributed by atoms with E-state index >= 15 is 0 Å². The van der Waals surface area contributed by atoms with Crippen LogP contribution >= 0.6 is 0 Å². The number of fused-ring (bicyclic) bond motifs is 2. The quantitative estimate of drug-likeness (QED) is 0.581. The Morgan fingerprint density at radius 2 is 1.88 bits per heavy atom. The molecule has 0 saturated carbocycles. The van der Waals surface area contributed by atoms with Crippen LogP contribution in [-0.2, 0) is 12.8 Å². The monoisotopic (exact) mass is 318 g/mol. The van der Waals surface area contributed by atoms with Gasteiger partial charge >= 0.3 is 0 Å². The minimum absolute atomic E-state index is 0.750. The molecule has 6 nitrogen and oxygen atoms in total. The minimum atomic E-state index is 0.750. The van der Waals surface area contributed by atoms with Crippen LogP contribution in [0.1, 0.15) is 28.5 Å². The molecule has 4 heterocycles. The second kappa shape index (κ2) is 5.63. The Hall–Kier alpha value is -2.89. The van der Waals surface area contributed by atoms with Gasteiger partial charge in [0, 0.05) is 24.5 Å². The molecule has 0 spiro atoms. The van der Waals surface area contributed by atoms with E-state index in [1.807, 2.05) is 36.7 Å². The van der Waals surface area contributed by atoms with Gasteiger partial charge in [0.25, 0.3) is 0 Å². The largest absolute Gasteiger partial charge is 0.256 e. The number of aryl methyl sites for hydroxylation is 5. The van der Waals surface area contributed by atoms with Crippen molar-refractivity contribution < 1.29 is 0 Å². The molecule has 0 amide bonds. The van der Waals surface area contributed by atoms with Crippen molar-refractivity contribution in [2.75, 3.05) is 0 Å². The van der Waals surface area contributed by atoms with E-state index in [1.54, 1.807) is 6.20 Å². The molecule has 0 N–H and O–H groups in total. The first-order chi connectivity index (χ1) is 11.6. The molecule has 0 unspecified atom stereocenters. The summed E-state index contributed by atoms with van der Waals surface area (Å²) in [6, 6.07) is 6.00. The van der Waals surface area contributed by atoms with Crippen LogP contribution in [0, 0.1) is 20.8 Å².